The number of hydrogen-bond acceptors (Lipinski definition) is 2. The van der Waals surface area contributed by atoms with Gasteiger partial charge in [-0.3, -0.25) is 0 Å². The number of likely N-dealkylation sites (N-methyl/N-ethyl adjacent to an activating group) is 1. The molecule has 3 atom stereocenters. The Labute approximate surface area is 74.5 Å². The van der Waals surface area contributed by atoms with Gasteiger partial charge >= 0.3 is 0 Å². The van der Waals surface area contributed by atoms with Crippen molar-refractivity contribution in [1.29, 1.82) is 0 Å². The van der Waals surface area contributed by atoms with Crippen molar-refractivity contribution >= 4 is 0 Å². The highest BCUT2D eigenvalue weighted by Crippen LogP contribution is 2.19. The minimum Gasteiger partial charge on any atom is -0.850 e. The quantitative estimate of drug-likeness (QED) is 0.532. The summed E-state index contributed by atoms with van der Waals surface area (Å²) >= 11 is 0. The smallest absolute Gasteiger partial charge is 0.106 e. The number of hydrogen-bond donors (Lipinski definition) is 0. The molecule has 12 heavy (non-hydrogen) atoms. The lowest BCUT2D eigenvalue weighted by molar-refractivity contribution is -0.873. The second-order valence-corrected chi connectivity index (χ2v) is 4.71. The van der Waals surface area contributed by atoms with Gasteiger partial charge in [-0.1, -0.05) is 6.10 Å². The van der Waals surface area contributed by atoms with E-state index in [1.807, 2.05) is 6.92 Å². The minimum atomic E-state index is -0.512. The van der Waals surface area contributed by atoms with Crippen LogP contribution in [0.25, 0.3) is 0 Å². The Morgan fingerprint density at radius 1 is 1.42 bits per heavy atom. The largest absolute Gasteiger partial charge is 0.850 e. The minimum absolute atomic E-state index is 0.0958. The van der Waals surface area contributed by atoms with E-state index in [9.17, 15) is 5.11 Å². The van der Waals surface area contributed by atoms with Gasteiger partial charge in [0.2, 0.25) is 0 Å². The Bertz CT molecular complexity index is 143. The molecule has 0 amide bonds. The molecule has 1 saturated heterocycles. The van der Waals surface area contributed by atoms with Crippen LogP contribution in [0.4, 0.5) is 0 Å². The average molecular weight is 173 g/mol. The highest BCUT2D eigenvalue weighted by atomic mass is 16.5. The highest BCUT2D eigenvalue weighted by Gasteiger charge is 2.28. The summed E-state index contributed by atoms with van der Waals surface area (Å²) in [5, 5.41) is 11.2. The summed E-state index contributed by atoms with van der Waals surface area (Å²) in [4.78, 5) is 0. The Balaban J connectivity index is 2.38. The van der Waals surface area contributed by atoms with Crippen molar-refractivity contribution in [1.82, 2.24) is 0 Å². The molecule has 3 nitrogen and oxygen atoms in total. The first-order chi connectivity index (χ1) is 5.38. The molecule has 0 aliphatic carbocycles. The van der Waals surface area contributed by atoms with Gasteiger partial charge in [-0.2, -0.15) is 0 Å². The maximum Gasteiger partial charge on any atom is 0.106 e. The molecule has 72 valence electrons. The van der Waals surface area contributed by atoms with E-state index in [0.29, 0.717) is 6.42 Å². The van der Waals surface area contributed by atoms with Crippen molar-refractivity contribution in [2.24, 2.45) is 0 Å². The standard InChI is InChI=1S/C9H19NO2/c1-7-9(11)5-8(12-7)6-10(2,3)4/h7-9H,5-6H2,1-4H3/t7-,8+,9+/m0/s1. The van der Waals surface area contributed by atoms with Crippen molar-refractivity contribution in [2.75, 3.05) is 27.7 Å². The fourth-order valence-electron chi connectivity index (χ4n) is 1.63. The molecule has 0 unspecified atom stereocenters. The van der Waals surface area contributed by atoms with Crippen LogP contribution in [0.2, 0.25) is 0 Å². The number of rotatable bonds is 2. The third-order valence-corrected chi connectivity index (χ3v) is 2.18. The Morgan fingerprint density at radius 2 is 2.00 bits per heavy atom. The van der Waals surface area contributed by atoms with Crippen LogP contribution < -0.4 is 5.11 Å². The molecule has 3 heteroatoms. The molecule has 0 radical (unpaired) electrons. The summed E-state index contributed by atoms with van der Waals surface area (Å²) in [5.41, 5.74) is 0. The van der Waals surface area contributed by atoms with Crippen LogP contribution in [0, 0.1) is 0 Å². The van der Waals surface area contributed by atoms with Crippen LogP contribution in [0.1, 0.15) is 13.3 Å². The summed E-state index contributed by atoms with van der Waals surface area (Å²) in [5.74, 6) is 0. The molecule has 1 aliphatic rings. The lowest BCUT2D eigenvalue weighted by atomic mass is 10.1. The third kappa shape index (κ3) is 2.73. The summed E-state index contributed by atoms with van der Waals surface area (Å²) in [6.07, 6.45) is 0.238. The van der Waals surface area contributed by atoms with Gasteiger partial charge in [0.25, 0.3) is 0 Å². The Kier molecular flexibility index (Phi) is 2.76. The van der Waals surface area contributed by atoms with E-state index in [-0.39, 0.29) is 12.2 Å². The van der Waals surface area contributed by atoms with Crippen molar-refractivity contribution in [3.8, 4) is 0 Å². The number of ether oxygens (including phenoxy) is 1. The molecule has 1 aliphatic heterocycles. The fraction of sp³-hybridized carbons (Fsp3) is 1.00. The van der Waals surface area contributed by atoms with E-state index in [1.165, 1.54) is 0 Å². The van der Waals surface area contributed by atoms with Crippen molar-refractivity contribution in [3.63, 3.8) is 0 Å². The maximum absolute atomic E-state index is 11.2. The molecular weight excluding hydrogens is 154 g/mol. The molecule has 0 bridgehead atoms. The maximum atomic E-state index is 11.2. The lowest BCUT2D eigenvalue weighted by Gasteiger charge is -2.27. The van der Waals surface area contributed by atoms with Gasteiger partial charge in [0.1, 0.15) is 12.6 Å². The van der Waals surface area contributed by atoms with Crippen LogP contribution >= 0.6 is 0 Å². The van der Waals surface area contributed by atoms with Gasteiger partial charge in [-0.15, -0.1) is 0 Å². The number of nitrogens with zero attached hydrogens (tertiary/aromatic N) is 1. The normalized spacial score (nSPS) is 37.2. The second kappa shape index (κ2) is 3.32. The zero-order valence-corrected chi connectivity index (χ0v) is 8.41. The number of quaternary nitrogens is 1. The van der Waals surface area contributed by atoms with Gasteiger partial charge in [-0.05, 0) is 13.3 Å². The molecule has 0 aromatic heterocycles. The first-order valence-corrected chi connectivity index (χ1v) is 4.50. The summed E-state index contributed by atoms with van der Waals surface area (Å²) < 4.78 is 6.39. The molecule has 1 fully saturated rings. The van der Waals surface area contributed by atoms with Gasteiger partial charge in [-0.25, -0.2) is 0 Å². The third-order valence-electron chi connectivity index (χ3n) is 2.18. The van der Waals surface area contributed by atoms with E-state index in [1.54, 1.807) is 0 Å². The van der Waals surface area contributed by atoms with Crippen LogP contribution in [-0.2, 0) is 4.74 Å². The zero-order chi connectivity index (χ0) is 9.35. The SMILES string of the molecule is C[C@@H]1O[C@@H](C[N+](C)(C)C)C[C@H]1[O-]. The summed E-state index contributed by atoms with van der Waals surface area (Å²) in [6, 6.07) is 0. The van der Waals surface area contributed by atoms with Gasteiger partial charge < -0.3 is 14.3 Å². The average Bonchev–Trinajstić information content (AvgIpc) is 2.07. The van der Waals surface area contributed by atoms with Crippen LogP contribution in [0.5, 0.6) is 0 Å². The predicted molar refractivity (Wildman–Crippen MR) is 45.6 cm³/mol. The highest BCUT2D eigenvalue weighted by molar-refractivity contribution is 4.77. The molecule has 0 saturated carbocycles. The van der Waals surface area contributed by atoms with Gasteiger partial charge in [0, 0.05) is 6.10 Å². The molecule has 1 heterocycles. The molecule has 0 N–H and O–H groups in total. The van der Waals surface area contributed by atoms with E-state index in [0.717, 1.165) is 11.0 Å². The molecule has 0 aromatic carbocycles. The van der Waals surface area contributed by atoms with Crippen molar-refractivity contribution in [2.45, 2.75) is 31.7 Å². The van der Waals surface area contributed by atoms with Crippen LogP contribution in [-0.4, -0.2) is 50.5 Å². The molecule has 0 spiro atoms. The molecule has 1 rings (SSSR count). The van der Waals surface area contributed by atoms with Crippen molar-refractivity contribution in [3.05, 3.63) is 0 Å². The summed E-state index contributed by atoms with van der Waals surface area (Å²) in [7, 11) is 6.35. The first kappa shape index (κ1) is 9.96. The van der Waals surface area contributed by atoms with Crippen LogP contribution in [0.15, 0.2) is 0 Å². The summed E-state index contributed by atoms with van der Waals surface area (Å²) in [6.45, 7) is 2.80. The van der Waals surface area contributed by atoms with E-state index >= 15 is 0 Å². The van der Waals surface area contributed by atoms with Gasteiger partial charge in [0.15, 0.2) is 0 Å². The molecular formula is C9H19NO2. The fourth-order valence-corrected chi connectivity index (χ4v) is 1.63. The topological polar surface area (TPSA) is 32.3 Å². The lowest BCUT2D eigenvalue weighted by Crippen LogP contribution is -2.41. The monoisotopic (exact) mass is 173 g/mol. The van der Waals surface area contributed by atoms with Gasteiger partial charge in [0.05, 0.1) is 21.1 Å². The molecule has 0 aromatic rings. The van der Waals surface area contributed by atoms with E-state index in [2.05, 4.69) is 21.1 Å². The van der Waals surface area contributed by atoms with E-state index < -0.39 is 6.10 Å². The second-order valence-electron chi connectivity index (χ2n) is 4.71. The first-order valence-electron chi connectivity index (χ1n) is 4.50. The van der Waals surface area contributed by atoms with E-state index in [4.69, 9.17) is 4.74 Å². The zero-order valence-electron chi connectivity index (χ0n) is 8.41. The Hall–Kier alpha value is -0.120. The van der Waals surface area contributed by atoms with Crippen LogP contribution in [0.3, 0.4) is 0 Å². The Morgan fingerprint density at radius 3 is 2.33 bits per heavy atom. The predicted octanol–water partition coefficient (Wildman–Crippen LogP) is -0.401. The van der Waals surface area contributed by atoms with Crippen molar-refractivity contribution < 1.29 is 14.3 Å².